The molecular formula is C19H18N2O5S. The number of esters is 1. The largest absolute Gasteiger partial charge is 0.504 e. The van der Waals surface area contributed by atoms with Crippen molar-refractivity contribution in [2.45, 2.75) is 20.8 Å². The number of hydrogen-bond acceptors (Lipinski definition) is 7. The number of anilines is 1. The van der Waals surface area contributed by atoms with E-state index in [-0.39, 0.29) is 29.1 Å². The van der Waals surface area contributed by atoms with Crippen LogP contribution >= 0.6 is 11.3 Å². The Morgan fingerprint density at radius 3 is 2.78 bits per heavy atom. The first-order valence-corrected chi connectivity index (χ1v) is 9.04. The monoisotopic (exact) mass is 386 g/mol. The lowest BCUT2D eigenvalue weighted by atomic mass is 10.1. The molecule has 0 saturated heterocycles. The summed E-state index contributed by atoms with van der Waals surface area (Å²) in [5.74, 6) is -1.20. The second kappa shape index (κ2) is 7.24. The lowest BCUT2D eigenvalue weighted by molar-refractivity contribution is 0.0527. The van der Waals surface area contributed by atoms with E-state index in [9.17, 15) is 14.7 Å². The van der Waals surface area contributed by atoms with Crippen molar-refractivity contribution < 1.29 is 23.8 Å². The van der Waals surface area contributed by atoms with Crippen LogP contribution in [0.25, 0.3) is 11.0 Å². The molecule has 0 aliphatic heterocycles. The number of aromatic hydroxyl groups is 1. The van der Waals surface area contributed by atoms with Crippen LogP contribution in [0.1, 0.15) is 38.1 Å². The average molecular weight is 386 g/mol. The van der Waals surface area contributed by atoms with Gasteiger partial charge in [-0.25, -0.2) is 4.79 Å². The highest BCUT2D eigenvalue weighted by Crippen LogP contribution is 2.33. The van der Waals surface area contributed by atoms with E-state index in [0.717, 1.165) is 10.4 Å². The number of phenolic OH excluding ortho intramolecular Hbond substituents is 1. The van der Waals surface area contributed by atoms with Gasteiger partial charge in [0.25, 0.3) is 5.91 Å². The van der Waals surface area contributed by atoms with E-state index in [0.29, 0.717) is 16.0 Å². The van der Waals surface area contributed by atoms with E-state index >= 15 is 0 Å². The van der Waals surface area contributed by atoms with Gasteiger partial charge in [-0.15, -0.1) is 11.3 Å². The van der Waals surface area contributed by atoms with Gasteiger partial charge >= 0.3 is 5.97 Å². The van der Waals surface area contributed by atoms with Gasteiger partial charge in [0, 0.05) is 10.3 Å². The second-order valence-corrected chi connectivity index (χ2v) is 7.07. The summed E-state index contributed by atoms with van der Waals surface area (Å²) in [5, 5.41) is 21.3. The molecule has 3 aromatic rings. The smallest absolute Gasteiger partial charge is 0.341 e. The fourth-order valence-corrected chi connectivity index (χ4v) is 3.69. The standard InChI is InChI=1S/C19H18N2O5S/c1-4-25-19(24)14-9(2)10(3)27-18(14)21-17(23)12-8-11-6-5-7-13(22)15(11)26-16(12)20/h5-8,20,22H,4H2,1-3H3,(H,21,23). The molecule has 0 radical (unpaired) electrons. The highest BCUT2D eigenvalue weighted by atomic mass is 32.1. The molecule has 3 rings (SSSR count). The van der Waals surface area contributed by atoms with Crippen molar-refractivity contribution >= 4 is 39.2 Å². The zero-order valence-electron chi connectivity index (χ0n) is 15.0. The van der Waals surface area contributed by atoms with Gasteiger partial charge in [0.05, 0.1) is 12.2 Å². The summed E-state index contributed by atoms with van der Waals surface area (Å²) in [7, 11) is 0. The van der Waals surface area contributed by atoms with Crippen LogP contribution in [-0.2, 0) is 4.74 Å². The quantitative estimate of drug-likeness (QED) is 0.592. The summed E-state index contributed by atoms with van der Waals surface area (Å²) in [4.78, 5) is 25.8. The van der Waals surface area contributed by atoms with Crippen LogP contribution in [0.5, 0.6) is 5.75 Å². The minimum atomic E-state index is -0.583. The molecule has 0 bridgehead atoms. The number of para-hydroxylation sites is 1. The number of thiophene rings is 1. The lowest BCUT2D eigenvalue weighted by Gasteiger charge is -2.08. The summed E-state index contributed by atoms with van der Waals surface area (Å²) < 4.78 is 10.4. The number of phenols is 1. The Morgan fingerprint density at radius 2 is 2.07 bits per heavy atom. The zero-order chi connectivity index (χ0) is 19.7. The summed E-state index contributed by atoms with van der Waals surface area (Å²) in [6.45, 7) is 5.58. The number of aryl methyl sites for hydroxylation is 1. The molecule has 2 heterocycles. The Labute approximate surface area is 158 Å². The number of rotatable bonds is 4. The Hall–Kier alpha value is -3.13. The van der Waals surface area contributed by atoms with Gasteiger partial charge in [0.15, 0.2) is 11.3 Å². The predicted molar refractivity (Wildman–Crippen MR) is 101 cm³/mol. The third-order valence-electron chi connectivity index (χ3n) is 4.11. The van der Waals surface area contributed by atoms with E-state index in [1.807, 2.05) is 6.92 Å². The van der Waals surface area contributed by atoms with Crippen LogP contribution in [-0.4, -0.2) is 23.6 Å². The molecule has 2 aromatic heterocycles. The fraction of sp³-hybridized carbons (Fsp3) is 0.211. The van der Waals surface area contributed by atoms with Crippen molar-refractivity contribution in [3.05, 3.63) is 51.4 Å². The van der Waals surface area contributed by atoms with Crippen molar-refractivity contribution in [3.63, 3.8) is 0 Å². The van der Waals surface area contributed by atoms with E-state index in [4.69, 9.17) is 14.6 Å². The highest BCUT2D eigenvalue weighted by molar-refractivity contribution is 7.16. The van der Waals surface area contributed by atoms with Crippen molar-refractivity contribution in [1.29, 1.82) is 5.41 Å². The first kappa shape index (κ1) is 18.7. The minimum absolute atomic E-state index is 0.00776. The number of carbonyl (C=O) groups excluding carboxylic acids is 2. The maximum Gasteiger partial charge on any atom is 0.341 e. The number of carbonyl (C=O) groups is 2. The Kier molecular flexibility index (Phi) is 5.00. The summed E-state index contributed by atoms with van der Waals surface area (Å²) in [6, 6.07) is 6.18. The maximum absolute atomic E-state index is 12.7. The molecule has 8 heteroatoms. The normalized spacial score (nSPS) is 10.8. The fourth-order valence-electron chi connectivity index (χ4n) is 2.65. The molecule has 7 nitrogen and oxygen atoms in total. The highest BCUT2D eigenvalue weighted by Gasteiger charge is 2.23. The van der Waals surface area contributed by atoms with Crippen molar-refractivity contribution in [2.75, 3.05) is 11.9 Å². The molecule has 0 atom stereocenters. The van der Waals surface area contributed by atoms with Gasteiger partial charge in [0.2, 0.25) is 5.55 Å². The number of amides is 1. The van der Waals surface area contributed by atoms with Crippen LogP contribution in [0.2, 0.25) is 0 Å². The third kappa shape index (κ3) is 3.43. The third-order valence-corrected chi connectivity index (χ3v) is 5.23. The van der Waals surface area contributed by atoms with Crippen LogP contribution in [0, 0.1) is 19.3 Å². The van der Waals surface area contributed by atoms with Gasteiger partial charge in [-0.1, -0.05) is 12.1 Å². The molecule has 0 spiro atoms. The molecule has 27 heavy (non-hydrogen) atoms. The number of hydrogen-bond donors (Lipinski definition) is 3. The Morgan fingerprint density at radius 1 is 1.33 bits per heavy atom. The van der Waals surface area contributed by atoms with Crippen molar-refractivity contribution in [1.82, 2.24) is 0 Å². The summed E-state index contributed by atoms with van der Waals surface area (Å²) in [5.41, 5.74) is 0.799. The van der Waals surface area contributed by atoms with Crippen molar-refractivity contribution in [2.24, 2.45) is 0 Å². The SMILES string of the molecule is CCOC(=O)c1c(NC(=O)c2cc3cccc(O)c3oc2=N)sc(C)c1C. The molecule has 0 aliphatic rings. The Balaban J connectivity index is 2.01. The first-order valence-electron chi connectivity index (χ1n) is 8.22. The molecule has 0 unspecified atom stereocenters. The molecule has 140 valence electrons. The number of ether oxygens (including phenoxy) is 1. The average Bonchev–Trinajstić information content (AvgIpc) is 2.89. The zero-order valence-corrected chi connectivity index (χ0v) is 15.8. The second-order valence-electron chi connectivity index (χ2n) is 5.85. The molecule has 1 amide bonds. The number of fused-ring (bicyclic) bond motifs is 1. The van der Waals surface area contributed by atoms with E-state index in [2.05, 4.69) is 5.32 Å². The molecule has 1 aromatic carbocycles. The van der Waals surface area contributed by atoms with Gasteiger partial charge in [0.1, 0.15) is 10.6 Å². The molecule has 0 fully saturated rings. The van der Waals surface area contributed by atoms with E-state index < -0.39 is 11.9 Å². The van der Waals surface area contributed by atoms with Gasteiger partial charge < -0.3 is 19.6 Å². The number of benzene rings is 1. The molecule has 3 N–H and O–H groups in total. The minimum Gasteiger partial charge on any atom is -0.504 e. The predicted octanol–water partition coefficient (Wildman–Crippen LogP) is 3.73. The van der Waals surface area contributed by atoms with E-state index in [1.54, 1.807) is 26.0 Å². The molecule has 0 saturated carbocycles. The summed E-state index contributed by atoms with van der Waals surface area (Å²) in [6.07, 6.45) is 0. The van der Waals surface area contributed by atoms with Crippen LogP contribution in [0.15, 0.2) is 28.7 Å². The first-order chi connectivity index (χ1) is 12.8. The van der Waals surface area contributed by atoms with Gasteiger partial charge in [-0.05, 0) is 38.5 Å². The van der Waals surface area contributed by atoms with Crippen LogP contribution < -0.4 is 10.9 Å². The van der Waals surface area contributed by atoms with Crippen LogP contribution in [0.3, 0.4) is 0 Å². The summed E-state index contributed by atoms with van der Waals surface area (Å²) >= 11 is 1.27. The van der Waals surface area contributed by atoms with Crippen molar-refractivity contribution in [3.8, 4) is 5.75 Å². The van der Waals surface area contributed by atoms with Gasteiger partial charge in [-0.2, -0.15) is 0 Å². The lowest BCUT2D eigenvalue weighted by Crippen LogP contribution is -2.21. The Bertz CT molecular complexity index is 1110. The molecular weight excluding hydrogens is 368 g/mol. The van der Waals surface area contributed by atoms with Crippen LogP contribution in [0.4, 0.5) is 5.00 Å². The van der Waals surface area contributed by atoms with E-state index in [1.165, 1.54) is 23.5 Å². The topological polar surface area (TPSA) is 113 Å². The molecule has 0 aliphatic carbocycles. The van der Waals surface area contributed by atoms with Gasteiger partial charge in [-0.3, -0.25) is 10.2 Å². The number of nitrogens with one attached hydrogen (secondary N) is 2. The maximum atomic E-state index is 12.7.